The topological polar surface area (TPSA) is 57.5 Å². The maximum atomic E-state index is 4.48. The summed E-state index contributed by atoms with van der Waals surface area (Å²) in [5.41, 5.74) is 3.63. The first-order chi connectivity index (χ1) is 11.7. The fraction of sp³-hybridized carbons (Fsp3) is 0.789. The number of piperidine rings is 1. The second-order valence-corrected chi connectivity index (χ2v) is 8.06. The predicted octanol–water partition coefficient (Wildman–Crippen LogP) is 2.21. The van der Waals surface area contributed by atoms with Crippen molar-refractivity contribution in [3.8, 4) is 0 Å². The van der Waals surface area contributed by atoms with Gasteiger partial charge in [0.25, 0.3) is 0 Å². The van der Waals surface area contributed by atoms with Crippen LogP contribution in [0.1, 0.15) is 50.6 Å². The molecule has 0 spiro atoms. The number of aromatic nitrogens is 2. The largest absolute Gasteiger partial charge is 0.355 e. The molecule has 1 unspecified atom stereocenters. The third kappa shape index (κ3) is 4.97. The number of nitrogens with one attached hydrogen (secondary N) is 2. The minimum atomic E-state index is 0.117. The summed E-state index contributed by atoms with van der Waals surface area (Å²) in [4.78, 5) is 6.99. The molecular weight excluding hydrogens is 312 g/mol. The van der Waals surface area contributed by atoms with E-state index in [9.17, 15) is 0 Å². The van der Waals surface area contributed by atoms with Crippen LogP contribution in [-0.4, -0.2) is 52.9 Å². The Morgan fingerprint density at radius 3 is 2.60 bits per heavy atom. The minimum absolute atomic E-state index is 0.117. The van der Waals surface area contributed by atoms with Crippen LogP contribution in [0.2, 0.25) is 0 Å². The Balaban J connectivity index is 1.89. The molecule has 142 valence electrons. The van der Waals surface area contributed by atoms with E-state index in [1.54, 1.807) is 0 Å². The molecular formula is C19H36N6. The lowest BCUT2D eigenvalue weighted by Crippen LogP contribution is -2.55. The molecule has 2 N–H and O–H groups in total. The smallest absolute Gasteiger partial charge is 0.191 e. The van der Waals surface area contributed by atoms with Gasteiger partial charge in [0.2, 0.25) is 0 Å². The quantitative estimate of drug-likeness (QED) is 0.633. The van der Waals surface area contributed by atoms with Gasteiger partial charge in [-0.05, 0) is 53.0 Å². The molecule has 0 amide bonds. The van der Waals surface area contributed by atoms with E-state index in [0.717, 1.165) is 30.7 Å². The molecule has 0 bridgehead atoms. The SMILES string of the molecule is CN=C(NCc1c(C)nn(C)c1C)NCC(C)(C)N1CCCC(C)C1. The van der Waals surface area contributed by atoms with Crippen molar-refractivity contribution in [1.29, 1.82) is 0 Å². The van der Waals surface area contributed by atoms with E-state index >= 15 is 0 Å². The van der Waals surface area contributed by atoms with E-state index in [-0.39, 0.29) is 5.54 Å². The summed E-state index contributed by atoms with van der Waals surface area (Å²) in [7, 11) is 3.81. The highest BCUT2D eigenvalue weighted by atomic mass is 15.3. The first-order valence-electron chi connectivity index (χ1n) is 9.43. The van der Waals surface area contributed by atoms with Crippen LogP contribution in [0.4, 0.5) is 0 Å². The zero-order valence-corrected chi connectivity index (χ0v) is 17.1. The minimum Gasteiger partial charge on any atom is -0.355 e. The van der Waals surface area contributed by atoms with Crippen LogP contribution in [0, 0.1) is 19.8 Å². The lowest BCUT2D eigenvalue weighted by Gasteiger charge is -2.43. The summed E-state index contributed by atoms with van der Waals surface area (Å²) in [6.07, 6.45) is 2.66. The summed E-state index contributed by atoms with van der Waals surface area (Å²) < 4.78 is 1.93. The molecule has 6 heteroatoms. The van der Waals surface area contributed by atoms with E-state index in [2.05, 4.69) is 60.2 Å². The van der Waals surface area contributed by atoms with Crippen LogP contribution in [0.15, 0.2) is 4.99 Å². The highest BCUT2D eigenvalue weighted by Gasteiger charge is 2.30. The molecule has 2 heterocycles. The summed E-state index contributed by atoms with van der Waals surface area (Å²) in [5, 5.41) is 11.4. The number of aliphatic imine (C=N–C) groups is 1. The number of likely N-dealkylation sites (tertiary alicyclic amines) is 1. The van der Waals surface area contributed by atoms with E-state index < -0.39 is 0 Å². The first-order valence-corrected chi connectivity index (χ1v) is 9.43. The predicted molar refractivity (Wildman–Crippen MR) is 105 cm³/mol. The standard InChI is InChI=1S/C19H36N6/c1-14-9-8-10-25(12-14)19(4,5)13-22-18(20-6)21-11-17-15(2)23-24(7)16(17)3/h14H,8-13H2,1-7H3,(H2,20,21,22). The number of hydrogen-bond donors (Lipinski definition) is 2. The van der Waals surface area contributed by atoms with Gasteiger partial charge >= 0.3 is 0 Å². The van der Waals surface area contributed by atoms with E-state index in [1.807, 2.05) is 18.8 Å². The second-order valence-electron chi connectivity index (χ2n) is 8.06. The molecule has 25 heavy (non-hydrogen) atoms. The Morgan fingerprint density at radius 2 is 2.04 bits per heavy atom. The molecule has 1 saturated heterocycles. The van der Waals surface area contributed by atoms with Gasteiger partial charge in [-0.2, -0.15) is 5.10 Å². The molecule has 1 aliphatic heterocycles. The van der Waals surface area contributed by atoms with E-state index in [4.69, 9.17) is 0 Å². The van der Waals surface area contributed by atoms with Gasteiger partial charge in [0.1, 0.15) is 0 Å². The lowest BCUT2D eigenvalue weighted by atomic mass is 9.93. The van der Waals surface area contributed by atoms with Gasteiger partial charge in [0.15, 0.2) is 5.96 Å². The van der Waals surface area contributed by atoms with Gasteiger partial charge in [0, 0.05) is 50.5 Å². The average Bonchev–Trinajstić information content (AvgIpc) is 2.80. The number of rotatable bonds is 5. The Labute approximate surface area is 153 Å². The fourth-order valence-electron chi connectivity index (χ4n) is 3.62. The molecule has 0 aromatic carbocycles. The molecule has 6 nitrogen and oxygen atoms in total. The molecule has 0 aliphatic carbocycles. The summed E-state index contributed by atoms with van der Waals surface area (Å²) in [6.45, 7) is 15.2. The van der Waals surface area contributed by atoms with Crippen LogP contribution in [-0.2, 0) is 13.6 Å². The average molecular weight is 349 g/mol. The number of aryl methyl sites for hydroxylation is 2. The van der Waals surface area contributed by atoms with Crippen LogP contribution in [0.5, 0.6) is 0 Å². The highest BCUT2D eigenvalue weighted by Crippen LogP contribution is 2.23. The van der Waals surface area contributed by atoms with Crippen LogP contribution >= 0.6 is 0 Å². The molecule has 1 fully saturated rings. The van der Waals surface area contributed by atoms with Crippen LogP contribution in [0.3, 0.4) is 0 Å². The Bertz CT molecular complexity index is 601. The molecule has 1 aromatic heterocycles. The van der Waals surface area contributed by atoms with Crippen molar-refractivity contribution >= 4 is 5.96 Å². The third-order valence-electron chi connectivity index (χ3n) is 5.52. The van der Waals surface area contributed by atoms with Gasteiger partial charge in [0.05, 0.1) is 5.69 Å². The zero-order chi connectivity index (χ0) is 18.6. The maximum Gasteiger partial charge on any atom is 0.191 e. The van der Waals surface area contributed by atoms with Gasteiger partial charge < -0.3 is 10.6 Å². The fourth-order valence-corrected chi connectivity index (χ4v) is 3.62. The second kappa shape index (κ2) is 8.21. The molecule has 1 aliphatic rings. The monoisotopic (exact) mass is 348 g/mol. The van der Waals surface area contributed by atoms with Crippen molar-refractivity contribution in [2.75, 3.05) is 26.7 Å². The van der Waals surface area contributed by atoms with Gasteiger partial charge in [-0.25, -0.2) is 0 Å². The Hall–Kier alpha value is -1.56. The van der Waals surface area contributed by atoms with Crippen LogP contribution < -0.4 is 10.6 Å². The zero-order valence-electron chi connectivity index (χ0n) is 17.1. The maximum absolute atomic E-state index is 4.48. The lowest BCUT2D eigenvalue weighted by molar-refractivity contribution is 0.0739. The van der Waals surface area contributed by atoms with Crippen molar-refractivity contribution in [2.45, 2.75) is 59.5 Å². The molecule has 2 rings (SSSR count). The summed E-state index contributed by atoms with van der Waals surface area (Å²) >= 11 is 0. The summed E-state index contributed by atoms with van der Waals surface area (Å²) in [6, 6.07) is 0. The molecule has 0 saturated carbocycles. The Kier molecular flexibility index (Phi) is 6.49. The van der Waals surface area contributed by atoms with Crippen molar-refractivity contribution in [1.82, 2.24) is 25.3 Å². The van der Waals surface area contributed by atoms with Gasteiger partial charge in [-0.3, -0.25) is 14.6 Å². The Morgan fingerprint density at radius 1 is 1.32 bits per heavy atom. The van der Waals surface area contributed by atoms with Crippen molar-refractivity contribution in [3.63, 3.8) is 0 Å². The van der Waals surface area contributed by atoms with E-state index in [0.29, 0.717) is 0 Å². The molecule has 0 radical (unpaired) electrons. The normalized spacial score (nSPS) is 20.0. The number of guanidine groups is 1. The molecule has 1 atom stereocenters. The third-order valence-corrected chi connectivity index (χ3v) is 5.52. The van der Waals surface area contributed by atoms with E-state index in [1.165, 1.54) is 37.2 Å². The van der Waals surface area contributed by atoms with Gasteiger partial charge in [-0.1, -0.05) is 6.92 Å². The first kappa shape index (κ1) is 19.8. The van der Waals surface area contributed by atoms with Gasteiger partial charge in [-0.15, -0.1) is 0 Å². The number of nitrogens with zero attached hydrogens (tertiary/aromatic N) is 4. The van der Waals surface area contributed by atoms with Crippen LogP contribution in [0.25, 0.3) is 0 Å². The summed E-state index contributed by atoms with van der Waals surface area (Å²) in [5.74, 6) is 1.64. The van der Waals surface area contributed by atoms with Crippen molar-refractivity contribution in [2.24, 2.45) is 18.0 Å². The molecule has 1 aromatic rings. The number of hydrogen-bond acceptors (Lipinski definition) is 3. The van der Waals surface area contributed by atoms with Crippen molar-refractivity contribution in [3.05, 3.63) is 17.0 Å². The van der Waals surface area contributed by atoms with Crippen molar-refractivity contribution < 1.29 is 0 Å². The highest BCUT2D eigenvalue weighted by molar-refractivity contribution is 5.79.